The van der Waals surface area contributed by atoms with Gasteiger partial charge in [0, 0.05) is 30.7 Å². The summed E-state index contributed by atoms with van der Waals surface area (Å²) in [5, 5.41) is 7.67. The van der Waals surface area contributed by atoms with E-state index in [2.05, 4.69) is 20.6 Å². The van der Waals surface area contributed by atoms with Crippen LogP contribution in [-0.2, 0) is 10.0 Å². The molecule has 1 aliphatic carbocycles. The summed E-state index contributed by atoms with van der Waals surface area (Å²) in [6.07, 6.45) is 8.66. The van der Waals surface area contributed by atoms with Crippen LogP contribution in [-0.4, -0.2) is 54.1 Å². The van der Waals surface area contributed by atoms with Gasteiger partial charge in [-0.05, 0) is 38.7 Å². The van der Waals surface area contributed by atoms with Gasteiger partial charge in [0.05, 0.1) is 23.0 Å². The Bertz CT molecular complexity index is 997. The number of aryl methyl sites for hydroxylation is 1. The summed E-state index contributed by atoms with van der Waals surface area (Å²) >= 11 is 1.48. The van der Waals surface area contributed by atoms with Gasteiger partial charge in [-0.2, -0.15) is 0 Å². The fraction of sp³-hybridized carbons (Fsp3) is 0.600. The average Bonchev–Trinajstić information content (AvgIpc) is 3.33. The fourth-order valence-corrected chi connectivity index (χ4v) is 6.12. The van der Waals surface area contributed by atoms with Crippen LogP contribution in [0.3, 0.4) is 0 Å². The molecule has 0 bridgehead atoms. The van der Waals surface area contributed by atoms with Crippen molar-refractivity contribution in [2.75, 3.05) is 30.0 Å². The van der Waals surface area contributed by atoms with Crippen LogP contribution in [0.1, 0.15) is 44.2 Å². The van der Waals surface area contributed by atoms with Gasteiger partial charge in [-0.15, -0.1) is 0 Å². The Balaban J connectivity index is 1.47. The second-order valence-corrected chi connectivity index (χ2v) is 11.2. The summed E-state index contributed by atoms with van der Waals surface area (Å²) < 4.78 is 39.4. The normalized spacial score (nSPS) is 19.3. The molecule has 2 aliphatic rings. The maximum Gasteiger partial charge on any atom is 0.211 e. The zero-order valence-corrected chi connectivity index (χ0v) is 19.0. The standard InChI is InChI=1S/C20H28FN5O2S2/c1-13-19(29-20(23-13)25-14-5-3-4-6-14)16-11-18(22-12-17(16)21)24-15-7-9-26(10-8-15)30(2,27)28/h11-12,14-15H,3-10H2,1-2H3,(H,22,24)(H,23,25). The molecule has 2 aromatic heterocycles. The molecule has 2 aromatic rings. The zero-order valence-electron chi connectivity index (χ0n) is 17.3. The van der Waals surface area contributed by atoms with Crippen molar-refractivity contribution in [2.24, 2.45) is 0 Å². The molecule has 1 saturated heterocycles. The maximum atomic E-state index is 14.6. The number of anilines is 2. The molecular formula is C20H28FN5O2S2. The van der Waals surface area contributed by atoms with Gasteiger partial charge < -0.3 is 10.6 Å². The first-order valence-electron chi connectivity index (χ1n) is 10.4. The number of rotatable bonds is 6. The maximum absolute atomic E-state index is 14.6. The van der Waals surface area contributed by atoms with Crippen molar-refractivity contribution in [1.29, 1.82) is 0 Å². The molecule has 0 spiro atoms. The number of piperidine rings is 1. The van der Waals surface area contributed by atoms with Crippen LogP contribution in [0.15, 0.2) is 12.3 Å². The van der Waals surface area contributed by atoms with Crippen LogP contribution in [0.2, 0.25) is 0 Å². The molecule has 0 amide bonds. The lowest BCUT2D eigenvalue weighted by Crippen LogP contribution is -2.41. The molecule has 1 saturated carbocycles. The Morgan fingerprint density at radius 2 is 1.80 bits per heavy atom. The van der Waals surface area contributed by atoms with Crippen molar-refractivity contribution in [3.8, 4) is 10.4 Å². The highest BCUT2D eigenvalue weighted by Crippen LogP contribution is 2.36. The predicted octanol–water partition coefficient (Wildman–Crippen LogP) is 3.84. The van der Waals surface area contributed by atoms with Crippen LogP contribution in [0.25, 0.3) is 10.4 Å². The number of halogens is 1. The Labute approximate surface area is 181 Å². The minimum atomic E-state index is -3.15. The topological polar surface area (TPSA) is 87.2 Å². The minimum Gasteiger partial charge on any atom is -0.367 e. The number of nitrogens with zero attached hydrogens (tertiary/aromatic N) is 3. The third-order valence-corrected chi connectivity index (χ3v) is 8.28. The van der Waals surface area contributed by atoms with Gasteiger partial charge in [-0.25, -0.2) is 27.1 Å². The SMILES string of the molecule is Cc1nc(NC2CCCC2)sc1-c1cc(NC2CCN(S(C)(=O)=O)CC2)ncc1F. The minimum absolute atomic E-state index is 0.107. The first kappa shape index (κ1) is 21.5. The lowest BCUT2D eigenvalue weighted by atomic mass is 10.1. The van der Waals surface area contributed by atoms with E-state index in [4.69, 9.17) is 0 Å². The molecule has 7 nitrogen and oxygen atoms in total. The first-order chi connectivity index (χ1) is 14.3. The van der Waals surface area contributed by atoms with Gasteiger partial charge in [0.15, 0.2) is 5.13 Å². The second kappa shape index (κ2) is 8.76. The molecule has 0 aromatic carbocycles. The Morgan fingerprint density at radius 3 is 2.47 bits per heavy atom. The van der Waals surface area contributed by atoms with Gasteiger partial charge in [0.2, 0.25) is 10.0 Å². The van der Waals surface area contributed by atoms with Gasteiger partial charge in [0.1, 0.15) is 11.6 Å². The summed E-state index contributed by atoms with van der Waals surface area (Å²) in [6, 6.07) is 2.30. The van der Waals surface area contributed by atoms with Crippen LogP contribution in [0.4, 0.5) is 15.3 Å². The Kier molecular flexibility index (Phi) is 6.26. The van der Waals surface area contributed by atoms with Crippen LogP contribution < -0.4 is 10.6 Å². The molecule has 3 heterocycles. The van der Waals surface area contributed by atoms with Gasteiger partial charge in [0.25, 0.3) is 0 Å². The van der Waals surface area contributed by atoms with Gasteiger partial charge >= 0.3 is 0 Å². The molecule has 0 radical (unpaired) electrons. The molecular weight excluding hydrogens is 425 g/mol. The van der Waals surface area contributed by atoms with Gasteiger partial charge in [-0.3, -0.25) is 0 Å². The van der Waals surface area contributed by atoms with E-state index in [1.165, 1.54) is 40.9 Å². The van der Waals surface area contributed by atoms with E-state index in [1.807, 2.05) is 6.92 Å². The van der Waals surface area contributed by atoms with E-state index >= 15 is 0 Å². The highest BCUT2D eigenvalue weighted by atomic mass is 32.2. The number of thiazole rings is 1. The van der Waals surface area contributed by atoms with Crippen molar-refractivity contribution < 1.29 is 12.8 Å². The van der Waals surface area contributed by atoms with Crippen LogP contribution in [0.5, 0.6) is 0 Å². The molecule has 1 aliphatic heterocycles. The third kappa shape index (κ3) is 4.92. The van der Waals surface area contributed by atoms with Crippen molar-refractivity contribution in [3.05, 3.63) is 23.8 Å². The fourth-order valence-electron chi connectivity index (χ4n) is 4.19. The molecule has 30 heavy (non-hydrogen) atoms. The van der Waals surface area contributed by atoms with E-state index in [0.29, 0.717) is 43.4 Å². The van der Waals surface area contributed by atoms with E-state index in [-0.39, 0.29) is 11.9 Å². The van der Waals surface area contributed by atoms with Crippen molar-refractivity contribution in [1.82, 2.24) is 14.3 Å². The van der Waals surface area contributed by atoms with Crippen molar-refractivity contribution >= 4 is 32.3 Å². The monoisotopic (exact) mass is 453 g/mol. The van der Waals surface area contributed by atoms with Crippen LogP contribution >= 0.6 is 11.3 Å². The van der Waals surface area contributed by atoms with E-state index < -0.39 is 10.0 Å². The van der Waals surface area contributed by atoms with Crippen molar-refractivity contribution in [3.63, 3.8) is 0 Å². The summed E-state index contributed by atoms with van der Waals surface area (Å²) in [5.74, 6) is 0.230. The summed E-state index contributed by atoms with van der Waals surface area (Å²) in [6.45, 7) is 2.86. The van der Waals surface area contributed by atoms with E-state index in [0.717, 1.165) is 28.5 Å². The molecule has 2 fully saturated rings. The van der Waals surface area contributed by atoms with E-state index in [1.54, 1.807) is 6.07 Å². The smallest absolute Gasteiger partial charge is 0.211 e. The number of hydrogen-bond donors (Lipinski definition) is 2. The lowest BCUT2D eigenvalue weighted by Gasteiger charge is -2.31. The predicted molar refractivity (Wildman–Crippen MR) is 119 cm³/mol. The number of nitrogens with one attached hydrogen (secondary N) is 2. The number of sulfonamides is 1. The highest BCUT2D eigenvalue weighted by molar-refractivity contribution is 7.88. The zero-order chi connectivity index (χ0) is 21.3. The summed E-state index contributed by atoms with van der Waals surface area (Å²) in [4.78, 5) is 9.61. The summed E-state index contributed by atoms with van der Waals surface area (Å²) in [7, 11) is -3.15. The molecule has 2 N–H and O–H groups in total. The number of pyridine rings is 1. The molecule has 10 heteroatoms. The molecule has 0 unspecified atom stereocenters. The second-order valence-electron chi connectivity index (χ2n) is 8.19. The largest absolute Gasteiger partial charge is 0.367 e. The van der Waals surface area contributed by atoms with E-state index in [9.17, 15) is 12.8 Å². The molecule has 0 atom stereocenters. The lowest BCUT2D eigenvalue weighted by molar-refractivity contribution is 0.331. The molecule has 164 valence electrons. The average molecular weight is 454 g/mol. The molecule has 4 rings (SSSR count). The Hall–Kier alpha value is -1.78. The Morgan fingerprint density at radius 1 is 1.13 bits per heavy atom. The van der Waals surface area contributed by atoms with Crippen molar-refractivity contribution in [2.45, 2.75) is 57.5 Å². The van der Waals surface area contributed by atoms with Gasteiger partial charge in [-0.1, -0.05) is 24.2 Å². The number of aromatic nitrogens is 2. The van der Waals surface area contributed by atoms with Crippen LogP contribution in [0, 0.1) is 12.7 Å². The summed E-state index contributed by atoms with van der Waals surface area (Å²) in [5.41, 5.74) is 1.30. The first-order valence-corrected chi connectivity index (χ1v) is 13.1. The third-order valence-electron chi connectivity index (χ3n) is 5.85. The number of hydrogen-bond acceptors (Lipinski definition) is 7. The highest BCUT2D eigenvalue weighted by Gasteiger charge is 2.25. The quantitative estimate of drug-likeness (QED) is 0.691.